The maximum Gasteiger partial charge on any atom is 0.513 e. The van der Waals surface area contributed by atoms with Gasteiger partial charge in [0.1, 0.15) is 15.8 Å². The third-order valence-electron chi connectivity index (χ3n) is 6.92. The molecule has 0 aliphatic carbocycles. The zero-order valence-electron chi connectivity index (χ0n) is 22.7. The zero-order chi connectivity index (χ0) is 28.6. The molecule has 0 saturated heterocycles. The lowest BCUT2D eigenvalue weighted by atomic mass is 9.69. The molecule has 0 bridgehead atoms. The molecule has 214 valence electrons. The number of hydrogen-bond acceptors (Lipinski definition) is 10. The van der Waals surface area contributed by atoms with Gasteiger partial charge in [-0.1, -0.05) is 34.1 Å². The van der Waals surface area contributed by atoms with Crippen LogP contribution in [0.5, 0.6) is 5.75 Å². The minimum Gasteiger partial charge on any atom is -0.481 e. The van der Waals surface area contributed by atoms with Crippen molar-refractivity contribution in [3.63, 3.8) is 0 Å². The number of fused-ring (bicyclic) bond motifs is 1. The van der Waals surface area contributed by atoms with E-state index in [1.807, 2.05) is 0 Å². The van der Waals surface area contributed by atoms with Crippen molar-refractivity contribution in [1.29, 1.82) is 0 Å². The van der Waals surface area contributed by atoms with Crippen LogP contribution in [0.25, 0.3) is 10.2 Å². The first kappa shape index (κ1) is 31.2. The van der Waals surface area contributed by atoms with Gasteiger partial charge in [0.05, 0.1) is 23.2 Å². The molecule has 0 amide bonds. The monoisotopic (exact) mass is 596 g/mol. The average molecular weight is 597 g/mol. The number of thioether (sulfide) groups is 2. The van der Waals surface area contributed by atoms with E-state index in [0.717, 1.165) is 41.0 Å². The fourth-order valence-corrected chi connectivity index (χ4v) is 7.78. The van der Waals surface area contributed by atoms with E-state index in [9.17, 15) is 19.5 Å². The van der Waals surface area contributed by atoms with Gasteiger partial charge in [-0.05, 0) is 53.7 Å². The highest BCUT2D eigenvalue weighted by atomic mass is 32.2. The van der Waals surface area contributed by atoms with Gasteiger partial charge in [0, 0.05) is 11.8 Å². The lowest BCUT2D eigenvalue weighted by Crippen LogP contribution is -2.31. The summed E-state index contributed by atoms with van der Waals surface area (Å²) in [6.45, 7) is 8.73. The molecule has 2 aromatic rings. The molecule has 3 atom stereocenters. The lowest BCUT2D eigenvalue weighted by Gasteiger charge is -2.38. The Hall–Kier alpha value is -2.31. The first-order chi connectivity index (χ1) is 18.5. The average Bonchev–Trinajstić information content (AvgIpc) is 3.53. The van der Waals surface area contributed by atoms with Crippen LogP contribution >= 0.6 is 34.9 Å². The summed E-state index contributed by atoms with van der Waals surface area (Å²) in [6.07, 6.45) is 2.76. The van der Waals surface area contributed by atoms with Crippen LogP contribution in [0.4, 0.5) is 4.79 Å². The van der Waals surface area contributed by atoms with Crippen molar-refractivity contribution in [3.05, 3.63) is 23.2 Å². The van der Waals surface area contributed by atoms with Crippen LogP contribution in [0.15, 0.2) is 23.2 Å². The molecule has 2 N–H and O–H groups in total. The van der Waals surface area contributed by atoms with E-state index < -0.39 is 24.1 Å². The Morgan fingerprint density at radius 3 is 2.54 bits per heavy atom. The molecule has 0 fully saturated rings. The van der Waals surface area contributed by atoms with E-state index in [4.69, 9.17) is 14.6 Å². The minimum absolute atomic E-state index is 0.0425. The lowest BCUT2D eigenvalue weighted by molar-refractivity contribution is -0.140. The largest absolute Gasteiger partial charge is 0.513 e. The molecule has 1 aliphatic heterocycles. The summed E-state index contributed by atoms with van der Waals surface area (Å²) in [5, 5.41) is 19.7. The van der Waals surface area contributed by atoms with Crippen molar-refractivity contribution >= 4 is 68.2 Å². The number of carbonyl (C=O) groups excluding carboxylic acids is 1. The fourth-order valence-electron chi connectivity index (χ4n) is 4.42. The van der Waals surface area contributed by atoms with Crippen LogP contribution in [-0.2, 0) is 14.3 Å². The van der Waals surface area contributed by atoms with Crippen LogP contribution in [0.2, 0.25) is 0 Å². The van der Waals surface area contributed by atoms with E-state index in [2.05, 4.69) is 37.7 Å². The molecule has 1 aromatic carbocycles. The predicted molar refractivity (Wildman–Crippen MR) is 158 cm³/mol. The molecule has 1 aliphatic rings. The fraction of sp³-hybridized carbons (Fsp3) is 0.593. The summed E-state index contributed by atoms with van der Waals surface area (Å²) in [4.78, 5) is 43.4. The van der Waals surface area contributed by atoms with Gasteiger partial charge in [-0.25, -0.2) is 14.6 Å². The Balaban J connectivity index is 1.42. The topological polar surface area (TPSA) is 135 Å². The molecule has 9 nitrogen and oxygen atoms in total. The third-order valence-corrected chi connectivity index (χ3v) is 10.6. The zero-order valence-corrected chi connectivity index (χ0v) is 25.2. The summed E-state index contributed by atoms with van der Waals surface area (Å²) in [5.41, 5.74) is 0.540. The maximum atomic E-state index is 12.2. The normalized spacial score (nSPS) is 18.3. The number of hydrogen-bond donors (Lipinski definition) is 2. The van der Waals surface area contributed by atoms with E-state index >= 15 is 0 Å². The van der Waals surface area contributed by atoms with Crippen molar-refractivity contribution in [2.75, 3.05) is 23.9 Å². The molecule has 1 aromatic heterocycles. The second-order valence-electron chi connectivity index (χ2n) is 10.4. The van der Waals surface area contributed by atoms with E-state index in [-0.39, 0.29) is 23.9 Å². The van der Waals surface area contributed by atoms with Crippen molar-refractivity contribution in [2.45, 2.75) is 65.8 Å². The number of ether oxygens (including phenoxy) is 2. The van der Waals surface area contributed by atoms with Crippen LogP contribution in [0, 0.1) is 10.8 Å². The second kappa shape index (κ2) is 13.8. The molecule has 0 spiro atoms. The molecular formula is C27H36N2O7S3. The Bertz CT molecular complexity index is 1220. The van der Waals surface area contributed by atoms with Crippen molar-refractivity contribution in [3.8, 4) is 5.75 Å². The van der Waals surface area contributed by atoms with Gasteiger partial charge >= 0.3 is 18.1 Å². The van der Waals surface area contributed by atoms with E-state index in [1.54, 1.807) is 30.0 Å². The molecule has 3 unspecified atom stereocenters. The first-order valence-electron chi connectivity index (χ1n) is 12.9. The van der Waals surface area contributed by atoms with Gasteiger partial charge in [0.2, 0.25) is 0 Å². The number of aromatic nitrogens is 1. The van der Waals surface area contributed by atoms with Crippen molar-refractivity contribution in [2.24, 2.45) is 15.8 Å². The predicted octanol–water partition coefficient (Wildman–Crippen LogP) is 6.58. The third kappa shape index (κ3) is 9.11. The number of carboxylic acid groups (broad SMARTS) is 2. The number of carboxylic acids is 2. The van der Waals surface area contributed by atoms with Crippen molar-refractivity contribution in [1.82, 2.24) is 4.98 Å². The Labute approximate surface area is 241 Å². The highest BCUT2D eigenvalue weighted by molar-refractivity contribution is 8.15. The second-order valence-corrected chi connectivity index (χ2v) is 13.6. The number of carbonyl (C=O) groups is 3. The Kier molecular flexibility index (Phi) is 11.1. The number of aliphatic imine (C=N–C) groups is 1. The van der Waals surface area contributed by atoms with Gasteiger partial charge in [0.15, 0.2) is 6.04 Å². The number of thiazole rings is 1. The summed E-state index contributed by atoms with van der Waals surface area (Å²) < 4.78 is 11.4. The van der Waals surface area contributed by atoms with Gasteiger partial charge in [0.25, 0.3) is 0 Å². The van der Waals surface area contributed by atoms with Gasteiger partial charge in [-0.15, -0.1) is 23.1 Å². The number of benzene rings is 1. The van der Waals surface area contributed by atoms with Crippen LogP contribution in [0.3, 0.4) is 0 Å². The molecular weight excluding hydrogens is 561 g/mol. The number of nitrogens with zero attached hydrogens (tertiary/aromatic N) is 2. The highest BCUT2D eigenvalue weighted by Gasteiger charge is 2.35. The summed E-state index contributed by atoms with van der Waals surface area (Å²) in [5.74, 6) is 0.786. The smallest absolute Gasteiger partial charge is 0.481 e. The quantitative estimate of drug-likeness (QED) is 0.132. The van der Waals surface area contributed by atoms with Crippen LogP contribution < -0.4 is 4.74 Å². The minimum atomic E-state index is -0.946. The van der Waals surface area contributed by atoms with Gasteiger partial charge in [-0.2, -0.15) is 11.8 Å². The Morgan fingerprint density at radius 2 is 1.90 bits per heavy atom. The molecule has 2 heterocycles. The SMILES string of the molecule is CCC(C)(CSCCCOC(=O)Oc1ccc2nc(C3=NC(C(=O)O)CS3)sc2c1)CC(C)(CC)CC(=O)O. The molecule has 12 heteroatoms. The molecule has 0 saturated carbocycles. The number of aliphatic carboxylic acids is 2. The molecule has 3 rings (SSSR count). The van der Waals surface area contributed by atoms with Gasteiger partial charge < -0.3 is 19.7 Å². The van der Waals surface area contributed by atoms with Gasteiger partial charge in [-0.3, -0.25) is 9.79 Å². The molecule has 39 heavy (non-hydrogen) atoms. The maximum absolute atomic E-state index is 12.2. The standard InChI is InChI=1S/C27H36N2O7S3/c1-5-26(3,13-21(30)31)15-27(4,6-2)16-37-11-7-10-35-25(34)36-17-8-9-18-20(12-17)39-23(28-18)22-29-19(14-38-22)24(32)33/h8-9,12,19H,5-7,10-11,13-16H2,1-4H3,(H,30,31)(H,32,33). The van der Waals surface area contributed by atoms with E-state index in [0.29, 0.717) is 28.0 Å². The van der Waals surface area contributed by atoms with Crippen molar-refractivity contribution < 1.29 is 34.1 Å². The highest BCUT2D eigenvalue weighted by Crippen LogP contribution is 2.43. The van der Waals surface area contributed by atoms with E-state index in [1.165, 1.54) is 23.1 Å². The van der Waals surface area contributed by atoms with Crippen LogP contribution in [-0.4, -0.2) is 68.2 Å². The summed E-state index contributed by atoms with van der Waals surface area (Å²) in [7, 11) is 0. The Morgan fingerprint density at radius 1 is 1.15 bits per heavy atom. The number of rotatable bonds is 15. The summed E-state index contributed by atoms with van der Waals surface area (Å²) >= 11 is 4.54. The molecule has 0 radical (unpaired) electrons. The first-order valence-corrected chi connectivity index (χ1v) is 15.9. The van der Waals surface area contributed by atoms with Crippen LogP contribution in [0.1, 0.15) is 64.8 Å². The summed E-state index contributed by atoms with van der Waals surface area (Å²) in [6, 6.07) is 4.35.